The molecule has 0 amide bonds. The first-order chi connectivity index (χ1) is 13.2. The molecule has 0 N–H and O–H groups in total. The van der Waals surface area contributed by atoms with Crippen LogP contribution in [0.1, 0.15) is 10.4 Å². The second kappa shape index (κ2) is 5.88. The van der Waals surface area contributed by atoms with Crippen LogP contribution >= 0.6 is 0 Å². The Morgan fingerprint density at radius 2 is 1.59 bits per heavy atom. The Morgan fingerprint density at radius 3 is 2.41 bits per heavy atom. The number of rotatable bonds is 2. The minimum Gasteiger partial charge on any atom is -0.437 e. The van der Waals surface area contributed by atoms with E-state index in [1.165, 1.54) is 0 Å². The number of aromatic nitrogens is 1. The highest BCUT2D eigenvalue weighted by Gasteiger charge is 2.11. The maximum absolute atomic E-state index is 13.1. The van der Waals surface area contributed by atoms with Crippen molar-refractivity contribution >= 4 is 39.3 Å². The highest BCUT2D eigenvalue weighted by Crippen LogP contribution is 2.26. The Bertz CT molecular complexity index is 1400. The third-order valence-corrected chi connectivity index (χ3v) is 4.74. The molecule has 3 aromatic carbocycles. The molecule has 0 saturated carbocycles. The summed E-state index contributed by atoms with van der Waals surface area (Å²) >= 11 is 0. The van der Waals surface area contributed by atoms with Gasteiger partial charge < -0.3 is 4.42 Å². The van der Waals surface area contributed by atoms with Gasteiger partial charge in [0.05, 0.1) is 16.3 Å². The van der Waals surface area contributed by atoms with Crippen LogP contribution in [0.25, 0.3) is 44.1 Å². The first kappa shape index (κ1) is 15.5. The van der Waals surface area contributed by atoms with Crippen molar-refractivity contribution in [2.45, 2.75) is 0 Å². The normalized spacial score (nSPS) is 11.3. The zero-order valence-corrected chi connectivity index (χ0v) is 14.2. The van der Waals surface area contributed by atoms with Crippen LogP contribution < -0.4 is 5.43 Å². The lowest BCUT2D eigenvalue weighted by Gasteiger charge is -2.06. The standard InChI is InChI=1S/C23H13NO3/c25-13-14-5-7-15(8-6-14)16-9-10-21-18(11-16)22(26)19-12-17-3-1-2-4-20(17)24-23(19)27-21/h1-13H. The lowest BCUT2D eigenvalue weighted by atomic mass is 10.0. The Morgan fingerprint density at radius 1 is 0.815 bits per heavy atom. The van der Waals surface area contributed by atoms with E-state index >= 15 is 0 Å². The number of benzene rings is 3. The van der Waals surface area contributed by atoms with Gasteiger partial charge in [-0.1, -0.05) is 48.5 Å². The fourth-order valence-electron chi connectivity index (χ4n) is 3.32. The first-order valence-corrected chi connectivity index (χ1v) is 8.55. The third kappa shape index (κ3) is 2.50. The summed E-state index contributed by atoms with van der Waals surface area (Å²) in [6.07, 6.45) is 0.808. The van der Waals surface area contributed by atoms with Gasteiger partial charge in [0, 0.05) is 10.9 Å². The maximum atomic E-state index is 13.1. The second-order valence-electron chi connectivity index (χ2n) is 6.42. The highest BCUT2D eigenvalue weighted by molar-refractivity contribution is 5.96. The summed E-state index contributed by atoms with van der Waals surface area (Å²) < 4.78 is 5.91. The number of carbonyl (C=O) groups excluding carboxylic acids is 1. The molecule has 0 saturated heterocycles. The van der Waals surface area contributed by atoms with E-state index in [0.29, 0.717) is 27.6 Å². The third-order valence-electron chi connectivity index (χ3n) is 4.74. The van der Waals surface area contributed by atoms with Crippen molar-refractivity contribution in [1.29, 1.82) is 0 Å². The molecule has 5 aromatic rings. The number of para-hydroxylation sites is 1. The van der Waals surface area contributed by atoms with Crippen LogP contribution in [-0.4, -0.2) is 11.3 Å². The van der Waals surface area contributed by atoms with Gasteiger partial charge in [0.2, 0.25) is 11.1 Å². The molecular weight excluding hydrogens is 338 g/mol. The Hall–Kier alpha value is -3.79. The van der Waals surface area contributed by atoms with Gasteiger partial charge in [-0.15, -0.1) is 0 Å². The van der Waals surface area contributed by atoms with E-state index in [2.05, 4.69) is 4.98 Å². The van der Waals surface area contributed by atoms with E-state index in [4.69, 9.17) is 4.42 Å². The molecule has 0 aliphatic rings. The fraction of sp³-hybridized carbons (Fsp3) is 0. The minimum absolute atomic E-state index is 0.101. The van der Waals surface area contributed by atoms with Crippen molar-refractivity contribution < 1.29 is 9.21 Å². The zero-order valence-electron chi connectivity index (χ0n) is 14.2. The van der Waals surface area contributed by atoms with E-state index in [-0.39, 0.29) is 5.43 Å². The van der Waals surface area contributed by atoms with E-state index in [1.807, 2.05) is 54.6 Å². The summed E-state index contributed by atoms with van der Waals surface area (Å²) in [7, 11) is 0. The maximum Gasteiger partial charge on any atom is 0.231 e. The van der Waals surface area contributed by atoms with Crippen LogP contribution in [0.3, 0.4) is 0 Å². The van der Waals surface area contributed by atoms with Crippen LogP contribution in [-0.2, 0) is 0 Å². The van der Waals surface area contributed by atoms with Crippen LogP contribution in [0.2, 0.25) is 0 Å². The van der Waals surface area contributed by atoms with E-state index < -0.39 is 0 Å². The molecule has 27 heavy (non-hydrogen) atoms. The number of hydrogen-bond donors (Lipinski definition) is 0. The molecule has 2 heterocycles. The monoisotopic (exact) mass is 351 g/mol. The Kier molecular flexibility index (Phi) is 3.37. The summed E-state index contributed by atoms with van der Waals surface area (Å²) in [6, 6.07) is 22.2. The molecule has 0 atom stereocenters. The molecule has 0 spiro atoms. The molecule has 4 heteroatoms. The number of carbonyl (C=O) groups is 1. The molecule has 0 bridgehead atoms. The minimum atomic E-state index is -0.101. The van der Waals surface area contributed by atoms with Crippen molar-refractivity contribution in [2.75, 3.05) is 0 Å². The van der Waals surface area contributed by atoms with Crippen LogP contribution in [0.5, 0.6) is 0 Å². The zero-order chi connectivity index (χ0) is 18.4. The summed E-state index contributed by atoms with van der Waals surface area (Å²) in [6.45, 7) is 0. The predicted molar refractivity (Wildman–Crippen MR) is 106 cm³/mol. The number of aldehydes is 1. The van der Waals surface area contributed by atoms with Crippen LogP contribution in [0.15, 0.2) is 82.0 Å². The summed E-state index contributed by atoms with van der Waals surface area (Å²) in [4.78, 5) is 28.4. The van der Waals surface area contributed by atoms with Crippen molar-refractivity contribution in [2.24, 2.45) is 0 Å². The van der Waals surface area contributed by atoms with Gasteiger partial charge in [0.1, 0.15) is 11.9 Å². The van der Waals surface area contributed by atoms with Crippen molar-refractivity contribution in [3.63, 3.8) is 0 Å². The van der Waals surface area contributed by atoms with Crippen molar-refractivity contribution in [3.8, 4) is 11.1 Å². The largest absolute Gasteiger partial charge is 0.437 e. The topological polar surface area (TPSA) is 60.2 Å². The summed E-state index contributed by atoms with van der Waals surface area (Å²) in [5.41, 5.74) is 3.97. The lowest BCUT2D eigenvalue weighted by molar-refractivity contribution is 0.112. The number of fused-ring (bicyclic) bond motifs is 3. The number of nitrogens with zero attached hydrogens (tertiary/aromatic N) is 1. The van der Waals surface area contributed by atoms with Gasteiger partial charge in [-0.3, -0.25) is 9.59 Å². The lowest BCUT2D eigenvalue weighted by Crippen LogP contribution is -2.03. The Balaban J connectivity index is 1.77. The van der Waals surface area contributed by atoms with Crippen molar-refractivity contribution in [3.05, 3.63) is 88.6 Å². The van der Waals surface area contributed by atoms with Gasteiger partial charge >= 0.3 is 0 Å². The smallest absolute Gasteiger partial charge is 0.231 e. The quantitative estimate of drug-likeness (QED) is 0.333. The summed E-state index contributed by atoms with van der Waals surface area (Å²) in [5, 5.41) is 1.88. The van der Waals surface area contributed by atoms with Gasteiger partial charge in [-0.05, 0) is 35.4 Å². The molecule has 0 aliphatic heterocycles. The van der Waals surface area contributed by atoms with E-state index in [9.17, 15) is 9.59 Å². The fourth-order valence-corrected chi connectivity index (χ4v) is 3.32. The number of pyridine rings is 1. The molecule has 128 valence electrons. The van der Waals surface area contributed by atoms with E-state index in [0.717, 1.165) is 28.3 Å². The average molecular weight is 351 g/mol. The molecule has 4 nitrogen and oxygen atoms in total. The predicted octanol–water partition coefficient (Wildman–Crippen LogP) is 4.97. The molecule has 0 radical (unpaired) electrons. The van der Waals surface area contributed by atoms with Crippen molar-refractivity contribution in [1.82, 2.24) is 4.98 Å². The molecule has 2 aromatic heterocycles. The molecule has 0 fully saturated rings. The van der Waals surface area contributed by atoms with Crippen LogP contribution in [0, 0.1) is 0 Å². The molecular formula is C23H13NO3. The number of hydrogen-bond acceptors (Lipinski definition) is 4. The van der Waals surface area contributed by atoms with Gasteiger partial charge in [-0.2, -0.15) is 0 Å². The molecule has 5 rings (SSSR count). The van der Waals surface area contributed by atoms with Crippen LogP contribution in [0.4, 0.5) is 0 Å². The molecule has 0 aliphatic carbocycles. The second-order valence-corrected chi connectivity index (χ2v) is 6.42. The average Bonchev–Trinajstić information content (AvgIpc) is 2.73. The van der Waals surface area contributed by atoms with Gasteiger partial charge in [0.25, 0.3) is 0 Å². The van der Waals surface area contributed by atoms with Gasteiger partial charge in [-0.25, -0.2) is 4.98 Å². The first-order valence-electron chi connectivity index (χ1n) is 8.55. The highest BCUT2D eigenvalue weighted by atomic mass is 16.3. The summed E-state index contributed by atoms with van der Waals surface area (Å²) in [5.74, 6) is 0. The van der Waals surface area contributed by atoms with Gasteiger partial charge in [0.15, 0.2) is 0 Å². The molecule has 0 unspecified atom stereocenters. The Labute approximate surface area is 153 Å². The van der Waals surface area contributed by atoms with E-state index in [1.54, 1.807) is 18.2 Å². The SMILES string of the molecule is O=Cc1ccc(-c2ccc3oc4nc5ccccc5cc4c(=O)c3c2)cc1.